The highest BCUT2D eigenvalue weighted by molar-refractivity contribution is 6.32. The maximum absolute atomic E-state index is 11.9. The zero-order chi connectivity index (χ0) is 14.7. The van der Waals surface area contributed by atoms with Gasteiger partial charge in [-0.2, -0.15) is 0 Å². The van der Waals surface area contributed by atoms with E-state index in [9.17, 15) is 4.79 Å². The lowest BCUT2D eigenvalue weighted by Gasteiger charge is -2.26. The quantitative estimate of drug-likeness (QED) is 0.872. The van der Waals surface area contributed by atoms with Crippen molar-refractivity contribution in [3.8, 4) is 11.5 Å². The third kappa shape index (κ3) is 3.49. The highest BCUT2D eigenvalue weighted by atomic mass is 35.5. The van der Waals surface area contributed by atoms with Gasteiger partial charge in [-0.3, -0.25) is 10.2 Å². The Hall–Kier alpha value is -1.72. The highest BCUT2D eigenvalue weighted by Gasteiger charge is 2.17. The Labute approximate surface area is 128 Å². The van der Waals surface area contributed by atoms with Gasteiger partial charge in [0.05, 0.1) is 5.02 Å². The van der Waals surface area contributed by atoms with Crippen LogP contribution in [0.3, 0.4) is 0 Å². The summed E-state index contributed by atoms with van der Waals surface area (Å²) in [7, 11) is 0. The molecule has 2 aliphatic rings. The molecule has 0 aromatic heterocycles. The van der Waals surface area contributed by atoms with Crippen molar-refractivity contribution in [1.82, 2.24) is 10.4 Å². The van der Waals surface area contributed by atoms with Gasteiger partial charge in [0.15, 0.2) is 11.5 Å². The van der Waals surface area contributed by atoms with Gasteiger partial charge in [-0.1, -0.05) is 18.0 Å². The lowest BCUT2D eigenvalue weighted by atomic mass is 10.2. The number of hydrogen-bond acceptors (Lipinski definition) is 4. The van der Waals surface area contributed by atoms with E-state index in [2.05, 4.69) is 5.43 Å². The summed E-state index contributed by atoms with van der Waals surface area (Å²) < 4.78 is 10.5. The number of amides is 1. The number of hydrogen-bond donors (Lipinski definition) is 1. The lowest BCUT2D eigenvalue weighted by molar-refractivity contribution is -0.121. The van der Waals surface area contributed by atoms with Crippen LogP contribution in [-0.4, -0.2) is 30.8 Å². The molecule has 1 aromatic carbocycles. The van der Waals surface area contributed by atoms with E-state index in [0.717, 1.165) is 31.5 Å². The van der Waals surface area contributed by atoms with Crippen LogP contribution in [0.2, 0.25) is 5.02 Å². The van der Waals surface area contributed by atoms with Crippen molar-refractivity contribution < 1.29 is 14.3 Å². The predicted molar refractivity (Wildman–Crippen MR) is 80.2 cm³/mol. The molecule has 0 saturated carbocycles. The van der Waals surface area contributed by atoms with Gasteiger partial charge in [0.25, 0.3) is 5.91 Å². The number of fused-ring (bicyclic) bond motifs is 1. The molecule has 5 nitrogen and oxygen atoms in total. The summed E-state index contributed by atoms with van der Waals surface area (Å²) >= 11 is 6.10. The van der Waals surface area contributed by atoms with E-state index in [4.69, 9.17) is 21.1 Å². The second-order valence-electron chi connectivity index (χ2n) is 5.09. The normalized spacial score (nSPS) is 18.1. The van der Waals surface area contributed by atoms with E-state index in [1.54, 1.807) is 18.2 Å². The monoisotopic (exact) mass is 308 g/mol. The molecule has 2 aliphatic heterocycles. The molecule has 1 aromatic rings. The van der Waals surface area contributed by atoms with Crippen LogP contribution in [0.1, 0.15) is 24.8 Å². The van der Waals surface area contributed by atoms with Gasteiger partial charge in [-0.25, -0.2) is 5.01 Å². The molecule has 0 radical (unpaired) electrons. The van der Waals surface area contributed by atoms with Gasteiger partial charge in [0.1, 0.15) is 0 Å². The largest absolute Gasteiger partial charge is 0.454 e. The average Bonchev–Trinajstić information content (AvgIpc) is 2.95. The van der Waals surface area contributed by atoms with Crippen LogP contribution in [0.25, 0.3) is 6.08 Å². The van der Waals surface area contributed by atoms with Gasteiger partial charge >= 0.3 is 0 Å². The third-order valence-electron chi connectivity index (χ3n) is 3.50. The minimum atomic E-state index is -0.134. The molecule has 0 unspecified atom stereocenters. The fourth-order valence-electron chi connectivity index (χ4n) is 2.45. The minimum absolute atomic E-state index is 0.134. The van der Waals surface area contributed by atoms with Crippen LogP contribution >= 0.6 is 11.6 Å². The first-order valence-corrected chi connectivity index (χ1v) is 7.43. The number of nitrogens with one attached hydrogen (secondary N) is 1. The van der Waals surface area contributed by atoms with E-state index in [0.29, 0.717) is 16.5 Å². The first-order chi connectivity index (χ1) is 10.2. The number of ether oxygens (including phenoxy) is 2. The number of rotatable bonds is 3. The molecular formula is C15H17ClN2O3. The summed E-state index contributed by atoms with van der Waals surface area (Å²) in [6.07, 6.45) is 6.71. The number of carbonyl (C=O) groups excluding carboxylic acids is 1. The molecule has 3 rings (SSSR count). The zero-order valence-electron chi connectivity index (χ0n) is 11.6. The SMILES string of the molecule is O=C(/C=C/c1cc(Cl)c2c(c1)OCO2)NN1CCCCC1. The first-order valence-electron chi connectivity index (χ1n) is 7.05. The Kier molecular flexibility index (Phi) is 4.31. The van der Waals surface area contributed by atoms with Gasteiger partial charge in [-0.15, -0.1) is 0 Å². The van der Waals surface area contributed by atoms with Crippen molar-refractivity contribution in [2.75, 3.05) is 19.9 Å². The molecule has 1 N–H and O–H groups in total. The number of piperidine rings is 1. The first kappa shape index (κ1) is 14.2. The molecule has 2 heterocycles. The number of nitrogens with zero attached hydrogens (tertiary/aromatic N) is 1. The van der Waals surface area contributed by atoms with Crippen LogP contribution in [0, 0.1) is 0 Å². The van der Waals surface area contributed by atoms with E-state index in [1.807, 2.05) is 5.01 Å². The van der Waals surface area contributed by atoms with Crippen LogP contribution in [0.5, 0.6) is 11.5 Å². The molecule has 0 aliphatic carbocycles. The van der Waals surface area contributed by atoms with E-state index in [-0.39, 0.29) is 12.7 Å². The molecule has 0 bridgehead atoms. The molecule has 112 valence electrons. The maximum atomic E-state index is 11.9. The van der Waals surface area contributed by atoms with Crippen LogP contribution in [-0.2, 0) is 4.79 Å². The van der Waals surface area contributed by atoms with Crippen LogP contribution in [0.4, 0.5) is 0 Å². The fraction of sp³-hybridized carbons (Fsp3) is 0.400. The summed E-state index contributed by atoms with van der Waals surface area (Å²) in [6, 6.07) is 3.55. The highest BCUT2D eigenvalue weighted by Crippen LogP contribution is 2.40. The standard InChI is InChI=1S/C15H17ClN2O3/c16-12-8-11(9-13-15(12)21-10-20-13)4-5-14(19)17-18-6-2-1-3-7-18/h4-5,8-9H,1-3,6-7,10H2,(H,17,19)/b5-4+. The van der Waals surface area contributed by atoms with Crippen molar-refractivity contribution >= 4 is 23.6 Å². The van der Waals surface area contributed by atoms with E-state index in [1.165, 1.54) is 12.5 Å². The van der Waals surface area contributed by atoms with Gasteiger partial charge < -0.3 is 9.47 Å². The molecule has 21 heavy (non-hydrogen) atoms. The summed E-state index contributed by atoms with van der Waals surface area (Å²) in [4.78, 5) is 11.9. The smallest absolute Gasteiger partial charge is 0.258 e. The van der Waals surface area contributed by atoms with E-state index < -0.39 is 0 Å². The lowest BCUT2D eigenvalue weighted by Crippen LogP contribution is -2.44. The number of carbonyl (C=O) groups is 1. The third-order valence-corrected chi connectivity index (χ3v) is 3.78. The van der Waals surface area contributed by atoms with Gasteiger partial charge in [-0.05, 0) is 36.6 Å². The number of benzene rings is 1. The Balaban J connectivity index is 1.63. The second-order valence-corrected chi connectivity index (χ2v) is 5.50. The van der Waals surface area contributed by atoms with Crippen molar-refractivity contribution in [3.63, 3.8) is 0 Å². The average molecular weight is 309 g/mol. The molecule has 1 saturated heterocycles. The summed E-state index contributed by atoms with van der Waals surface area (Å²) in [5.41, 5.74) is 3.68. The molecule has 1 fully saturated rings. The van der Waals surface area contributed by atoms with Crippen molar-refractivity contribution in [2.45, 2.75) is 19.3 Å². The fourth-order valence-corrected chi connectivity index (χ4v) is 2.73. The number of hydrazine groups is 1. The summed E-state index contributed by atoms with van der Waals surface area (Å²) in [5, 5.41) is 2.45. The minimum Gasteiger partial charge on any atom is -0.454 e. The van der Waals surface area contributed by atoms with Crippen LogP contribution < -0.4 is 14.9 Å². The Morgan fingerprint density at radius 2 is 2.05 bits per heavy atom. The van der Waals surface area contributed by atoms with Crippen molar-refractivity contribution in [1.29, 1.82) is 0 Å². The predicted octanol–water partition coefficient (Wildman–Crippen LogP) is 2.60. The molecule has 0 spiro atoms. The Morgan fingerprint density at radius 3 is 2.86 bits per heavy atom. The van der Waals surface area contributed by atoms with E-state index >= 15 is 0 Å². The molecule has 0 atom stereocenters. The zero-order valence-corrected chi connectivity index (χ0v) is 12.4. The van der Waals surface area contributed by atoms with Gasteiger partial charge in [0, 0.05) is 19.2 Å². The molecule has 1 amide bonds. The summed E-state index contributed by atoms with van der Waals surface area (Å²) in [6.45, 7) is 2.00. The van der Waals surface area contributed by atoms with Crippen molar-refractivity contribution in [3.05, 3.63) is 28.8 Å². The number of halogens is 1. The second kappa shape index (κ2) is 6.37. The maximum Gasteiger partial charge on any atom is 0.258 e. The van der Waals surface area contributed by atoms with Crippen molar-refractivity contribution in [2.24, 2.45) is 0 Å². The molecular weight excluding hydrogens is 292 g/mol. The van der Waals surface area contributed by atoms with Crippen LogP contribution in [0.15, 0.2) is 18.2 Å². The van der Waals surface area contributed by atoms with Gasteiger partial charge in [0.2, 0.25) is 6.79 Å². The molecule has 6 heteroatoms. The Morgan fingerprint density at radius 1 is 1.24 bits per heavy atom. The topological polar surface area (TPSA) is 50.8 Å². The summed E-state index contributed by atoms with van der Waals surface area (Å²) in [5.74, 6) is 1.04. The Bertz CT molecular complexity index is 568.